The predicted molar refractivity (Wildman–Crippen MR) is 80.6 cm³/mol. The van der Waals surface area contributed by atoms with Gasteiger partial charge in [-0.2, -0.15) is 13.2 Å². The largest absolute Gasteiger partial charge is 0.462 e. The van der Waals surface area contributed by atoms with Crippen LogP contribution >= 0.6 is 11.6 Å². The third-order valence-electron chi connectivity index (χ3n) is 3.26. The molecule has 0 aliphatic heterocycles. The number of fused-ring (bicyclic) bond motifs is 1. The number of hydrogen-bond donors (Lipinski definition) is 1. The van der Waals surface area contributed by atoms with Gasteiger partial charge < -0.3 is 9.73 Å². The highest BCUT2D eigenvalue weighted by molar-refractivity contribution is 6.31. The Hall–Kier alpha value is -2.47. The van der Waals surface area contributed by atoms with Gasteiger partial charge in [-0.15, -0.1) is 0 Å². The molecule has 3 aromatic rings. The first-order valence-corrected chi connectivity index (χ1v) is 6.88. The standard InChI is InChI=1S/C16H9ClF3NO2/c17-11-5-6-14-12(7-11)13(8-23-14)21-15(22)9-1-3-10(4-2-9)16(18,19)20/h1-8H,(H,21,22). The normalized spacial score (nSPS) is 11.7. The average Bonchev–Trinajstić information content (AvgIpc) is 2.89. The van der Waals surface area contributed by atoms with Crippen LogP contribution < -0.4 is 5.32 Å². The number of carbonyl (C=O) groups is 1. The molecular weight excluding hydrogens is 331 g/mol. The Morgan fingerprint density at radius 1 is 1.09 bits per heavy atom. The van der Waals surface area contributed by atoms with Crippen LogP contribution in [0.5, 0.6) is 0 Å². The van der Waals surface area contributed by atoms with Crippen molar-refractivity contribution in [2.75, 3.05) is 5.32 Å². The maximum Gasteiger partial charge on any atom is 0.416 e. The van der Waals surface area contributed by atoms with E-state index >= 15 is 0 Å². The summed E-state index contributed by atoms with van der Waals surface area (Å²) >= 11 is 5.90. The lowest BCUT2D eigenvalue weighted by molar-refractivity contribution is -0.137. The van der Waals surface area contributed by atoms with E-state index in [-0.39, 0.29) is 5.56 Å². The van der Waals surface area contributed by atoms with Crippen LogP contribution in [0.4, 0.5) is 18.9 Å². The lowest BCUT2D eigenvalue weighted by atomic mass is 10.1. The summed E-state index contributed by atoms with van der Waals surface area (Å²) in [5.74, 6) is -0.540. The van der Waals surface area contributed by atoms with Gasteiger partial charge in [0, 0.05) is 16.0 Å². The first-order valence-electron chi connectivity index (χ1n) is 6.50. The first-order chi connectivity index (χ1) is 10.8. The minimum absolute atomic E-state index is 0.106. The van der Waals surface area contributed by atoms with Crippen molar-refractivity contribution in [1.82, 2.24) is 0 Å². The maximum atomic E-state index is 12.5. The third kappa shape index (κ3) is 3.17. The molecule has 118 valence electrons. The van der Waals surface area contributed by atoms with Crippen LogP contribution in [0.1, 0.15) is 15.9 Å². The summed E-state index contributed by atoms with van der Waals surface area (Å²) in [6, 6.07) is 8.89. The van der Waals surface area contributed by atoms with Gasteiger partial charge in [0.05, 0.1) is 11.3 Å². The number of nitrogens with one attached hydrogen (secondary N) is 1. The van der Waals surface area contributed by atoms with Crippen molar-refractivity contribution in [2.45, 2.75) is 6.18 Å². The summed E-state index contributed by atoms with van der Waals surface area (Å²) in [7, 11) is 0. The van der Waals surface area contributed by atoms with E-state index in [2.05, 4.69) is 5.32 Å². The summed E-state index contributed by atoms with van der Waals surface area (Å²) in [5, 5.41) is 3.68. The van der Waals surface area contributed by atoms with Crippen LogP contribution in [0.3, 0.4) is 0 Å². The molecule has 0 aliphatic carbocycles. The van der Waals surface area contributed by atoms with Gasteiger partial charge in [0.25, 0.3) is 5.91 Å². The van der Waals surface area contributed by atoms with E-state index in [1.165, 1.54) is 6.26 Å². The number of anilines is 1. The number of hydrogen-bond acceptors (Lipinski definition) is 2. The molecule has 0 unspecified atom stereocenters. The molecule has 0 aliphatic rings. The Kier molecular flexibility index (Phi) is 3.77. The summed E-state index contributed by atoms with van der Waals surface area (Å²) < 4.78 is 42.8. The molecule has 3 nitrogen and oxygen atoms in total. The Morgan fingerprint density at radius 3 is 2.43 bits per heavy atom. The molecule has 0 bridgehead atoms. The molecule has 1 amide bonds. The Morgan fingerprint density at radius 2 is 1.78 bits per heavy atom. The number of halogens is 4. The smallest absolute Gasteiger partial charge is 0.416 e. The number of benzene rings is 2. The third-order valence-corrected chi connectivity index (χ3v) is 3.49. The van der Waals surface area contributed by atoms with Crippen LogP contribution in [0.25, 0.3) is 11.0 Å². The molecule has 0 fully saturated rings. The molecule has 0 saturated carbocycles. The number of rotatable bonds is 2. The molecule has 0 saturated heterocycles. The van der Waals surface area contributed by atoms with E-state index in [0.717, 1.165) is 24.3 Å². The molecule has 3 rings (SSSR count). The van der Waals surface area contributed by atoms with E-state index in [4.69, 9.17) is 16.0 Å². The molecule has 23 heavy (non-hydrogen) atoms. The molecular formula is C16H9ClF3NO2. The molecule has 0 radical (unpaired) electrons. The van der Waals surface area contributed by atoms with Crippen molar-refractivity contribution in [1.29, 1.82) is 0 Å². The lowest BCUT2D eigenvalue weighted by Gasteiger charge is -2.07. The fourth-order valence-corrected chi connectivity index (χ4v) is 2.28. The van der Waals surface area contributed by atoms with Crippen molar-refractivity contribution < 1.29 is 22.4 Å². The summed E-state index contributed by atoms with van der Waals surface area (Å²) in [6.07, 6.45) is -3.09. The predicted octanol–water partition coefficient (Wildman–Crippen LogP) is 5.36. The minimum Gasteiger partial charge on any atom is -0.462 e. The Bertz CT molecular complexity index is 869. The van der Waals surface area contributed by atoms with Gasteiger partial charge in [0.1, 0.15) is 11.8 Å². The number of amides is 1. The summed E-state index contributed by atoms with van der Waals surface area (Å²) in [4.78, 5) is 12.1. The Balaban J connectivity index is 1.84. The molecule has 0 spiro atoms. The van der Waals surface area contributed by atoms with Gasteiger partial charge in [-0.3, -0.25) is 4.79 Å². The highest BCUT2D eigenvalue weighted by Gasteiger charge is 2.30. The van der Waals surface area contributed by atoms with E-state index in [9.17, 15) is 18.0 Å². The van der Waals surface area contributed by atoms with E-state index < -0.39 is 17.6 Å². The SMILES string of the molecule is O=C(Nc1coc2ccc(Cl)cc12)c1ccc(C(F)(F)F)cc1. The van der Waals surface area contributed by atoms with Crippen LogP contribution in [-0.4, -0.2) is 5.91 Å². The van der Waals surface area contributed by atoms with E-state index in [0.29, 0.717) is 21.7 Å². The average molecular weight is 340 g/mol. The number of alkyl halides is 3. The van der Waals surface area contributed by atoms with Crippen molar-refractivity contribution in [3.8, 4) is 0 Å². The first kappa shape index (κ1) is 15.4. The highest BCUT2D eigenvalue weighted by atomic mass is 35.5. The lowest BCUT2D eigenvalue weighted by Crippen LogP contribution is -2.12. The van der Waals surface area contributed by atoms with Crippen molar-refractivity contribution in [3.63, 3.8) is 0 Å². The van der Waals surface area contributed by atoms with E-state index in [1.54, 1.807) is 18.2 Å². The van der Waals surface area contributed by atoms with Crippen LogP contribution in [0.15, 0.2) is 53.1 Å². The topological polar surface area (TPSA) is 42.2 Å². The Labute approximate surface area is 133 Å². The van der Waals surface area contributed by atoms with Crippen LogP contribution in [0, 0.1) is 0 Å². The van der Waals surface area contributed by atoms with E-state index in [1.807, 2.05) is 0 Å². The molecule has 1 aromatic heterocycles. The zero-order chi connectivity index (χ0) is 16.6. The molecule has 1 heterocycles. The van der Waals surface area contributed by atoms with Crippen LogP contribution in [0.2, 0.25) is 5.02 Å². The fourth-order valence-electron chi connectivity index (χ4n) is 2.10. The number of furan rings is 1. The van der Waals surface area contributed by atoms with Gasteiger partial charge in [0.15, 0.2) is 0 Å². The van der Waals surface area contributed by atoms with Gasteiger partial charge in [-0.05, 0) is 42.5 Å². The molecule has 0 atom stereocenters. The molecule has 1 N–H and O–H groups in total. The van der Waals surface area contributed by atoms with Crippen molar-refractivity contribution >= 4 is 34.2 Å². The quantitative estimate of drug-likeness (QED) is 0.683. The van der Waals surface area contributed by atoms with Gasteiger partial charge in [-0.25, -0.2) is 0 Å². The van der Waals surface area contributed by atoms with Crippen LogP contribution in [-0.2, 0) is 6.18 Å². The summed E-state index contributed by atoms with van der Waals surface area (Å²) in [6.45, 7) is 0. The van der Waals surface area contributed by atoms with Gasteiger partial charge in [-0.1, -0.05) is 11.6 Å². The summed E-state index contributed by atoms with van der Waals surface area (Å²) in [5.41, 5.74) is 0.230. The van der Waals surface area contributed by atoms with Gasteiger partial charge in [0.2, 0.25) is 0 Å². The number of carbonyl (C=O) groups excluding carboxylic acids is 1. The fraction of sp³-hybridized carbons (Fsp3) is 0.0625. The second-order valence-electron chi connectivity index (χ2n) is 4.82. The molecule has 7 heteroatoms. The monoisotopic (exact) mass is 339 g/mol. The van der Waals surface area contributed by atoms with Gasteiger partial charge >= 0.3 is 6.18 Å². The second kappa shape index (κ2) is 5.62. The second-order valence-corrected chi connectivity index (χ2v) is 5.26. The van der Waals surface area contributed by atoms with Crippen molar-refractivity contribution in [2.24, 2.45) is 0 Å². The highest BCUT2D eigenvalue weighted by Crippen LogP contribution is 2.30. The maximum absolute atomic E-state index is 12.5. The molecule has 2 aromatic carbocycles. The minimum atomic E-state index is -4.44. The zero-order valence-electron chi connectivity index (χ0n) is 11.4. The zero-order valence-corrected chi connectivity index (χ0v) is 12.2. The van der Waals surface area contributed by atoms with Crippen molar-refractivity contribution in [3.05, 3.63) is 64.9 Å².